The summed E-state index contributed by atoms with van der Waals surface area (Å²) < 4.78 is 30.6. The molecule has 0 aromatic heterocycles. The molecule has 6 rings (SSSR count). The van der Waals surface area contributed by atoms with Crippen LogP contribution in [0.5, 0.6) is 5.75 Å². The Balaban J connectivity index is 1.22. The fourth-order valence-electron chi connectivity index (χ4n) is 7.01. The number of benzene rings is 2. The van der Waals surface area contributed by atoms with Crippen LogP contribution in [0.25, 0.3) is 0 Å². The van der Waals surface area contributed by atoms with Crippen LogP contribution in [0.15, 0.2) is 48.5 Å². The molecule has 0 aliphatic heterocycles. The van der Waals surface area contributed by atoms with E-state index in [1.165, 1.54) is 55.4 Å². The number of rotatable bonds is 8. The second kappa shape index (κ2) is 9.16. The summed E-state index contributed by atoms with van der Waals surface area (Å²) in [4.78, 5) is 12.9. The van der Waals surface area contributed by atoms with Crippen LogP contribution in [-0.2, 0) is 20.2 Å². The van der Waals surface area contributed by atoms with Gasteiger partial charge in [0.1, 0.15) is 5.75 Å². The van der Waals surface area contributed by atoms with E-state index in [1.54, 1.807) is 24.3 Å². The number of carbonyl (C=O) groups is 1. The summed E-state index contributed by atoms with van der Waals surface area (Å²) in [5.41, 5.74) is 3.12. The van der Waals surface area contributed by atoms with Gasteiger partial charge in [0, 0.05) is 12.7 Å². The first kappa shape index (κ1) is 24.2. The quantitative estimate of drug-likeness (QED) is 0.535. The Kier molecular flexibility index (Phi) is 6.32. The number of hydrogen-bond donors (Lipinski definition) is 1. The fourth-order valence-corrected chi connectivity index (χ4v) is 7.51. The van der Waals surface area contributed by atoms with Crippen LogP contribution in [0, 0.1) is 17.8 Å². The Labute approximate surface area is 209 Å². The van der Waals surface area contributed by atoms with E-state index in [2.05, 4.69) is 17.4 Å². The van der Waals surface area contributed by atoms with Gasteiger partial charge >= 0.3 is 0 Å². The van der Waals surface area contributed by atoms with Gasteiger partial charge in [-0.1, -0.05) is 19.1 Å². The van der Waals surface area contributed by atoms with Crippen molar-refractivity contribution < 1.29 is 17.9 Å². The van der Waals surface area contributed by atoms with E-state index in [-0.39, 0.29) is 5.91 Å². The van der Waals surface area contributed by atoms with Crippen molar-refractivity contribution in [3.8, 4) is 5.75 Å². The standard InChI is InChI=1S/C28H36N2O4S/c1-4-26(34-25-11-9-24(10-12-25)30(2)35(3,32)33)27(31)29-23-7-5-22(6-8-23)28-16-19-13-20(17-28)15-21(14-19)18-28/h5-12,19-21,26H,4,13-18H2,1-3H3,(H,29,31). The van der Waals surface area contributed by atoms with Crippen LogP contribution >= 0.6 is 0 Å². The van der Waals surface area contributed by atoms with Gasteiger partial charge in [0.15, 0.2) is 6.10 Å². The highest BCUT2D eigenvalue weighted by Crippen LogP contribution is 2.60. The summed E-state index contributed by atoms with van der Waals surface area (Å²) in [6.45, 7) is 1.91. The minimum Gasteiger partial charge on any atom is -0.481 e. The van der Waals surface area contributed by atoms with Gasteiger partial charge in [-0.3, -0.25) is 9.10 Å². The molecule has 1 N–H and O–H groups in total. The van der Waals surface area contributed by atoms with Crippen LogP contribution in [-0.4, -0.2) is 33.7 Å². The van der Waals surface area contributed by atoms with Crippen molar-refractivity contribution >= 4 is 27.3 Å². The van der Waals surface area contributed by atoms with Gasteiger partial charge in [-0.05, 0) is 110 Å². The van der Waals surface area contributed by atoms with Crippen LogP contribution in [0.2, 0.25) is 0 Å². The number of nitrogens with one attached hydrogen (secondary N) is 1. The first-order valence-electron chi connectivity index (χ1n) is 12.8. The number of amides is 1. The van der Waals surface area contributed by atoms with E-state index in [1.807, 2.05) is 19.1 Å². The molecule has 6 nitrogen and oxygen atoms in total. The highest BCUT2D eigenvalue weighted by molar-refractivity contribution is 7.92. The number of hydrogen-bond acceptors (Lipinski definition) is 4. The lowest BCUT2D eigenvalue weighted by atomic mass is 9.48. The number of sulfonamides is 1. The normalized spacial score (nSPS) is 27.9. The maximum Gasteiger partial charge on any atom is 0.265 e. The lowest BCUT2D eigenvalue weighted by molar-refractivity contribution is -0.122. The summed E-state index contributed by atoms with van der Waals surface area (Å²) in [6.07, 6.45) is 9.32. The van der Waals surface area contributed by atoms with Gasteiger partial charge in [-0.2, -0.15) is 0 Å². The molecule has 1 unspecified atom stereocenters. The van der Waals surface area contributed by atoms with Crippen LogP contribution < -0.4 is 14.4 Å². The highest BCUT2D eigenvalue weighted by atomic mass is 32.2. The Morgan fingerprint density at radius 3 is 2.03 bits per heavy atom. The molecule has 4 bridgehead atoms. The molecule has 0 heterocycles. The first-order chi connectivity index (χ1) is 16.6. The summed E-state index contributed by atoms with van der Waals surface area (Å²) in [5.74, 6) is 3.05. The molecule has 4 aliphatic carbocycles. The van der Waals surface area contributed by atoms with Gasteiger partial charge in [0.25, 0.3) is 5.91 Å². The molecule has 7 heteroatoms. The molecule has 1 amide bonds. The van der Waals surface area contributed by atoms with Gasteiger partial charge in [0.2, 0.25) is 10.0 Å². The smallest absolute Gasteiger partial charge is 0.265 e. The van der Waals surface area contributed by atoms with Crippen molar-refractivity contribution in [1.82, 2.24) is 0 Å². The third-order valence-corrected chi connectivity index (χ3v) is 9.65. The molecule has 1 atom stereocenters. The Morgan fingerprint density at radius 2 is 1.54 bits per heavy atom. The van der Waals surface area contributed by atoms with Crippen LogP contribution in [0.1, 0.15) is 57.4 Å². The Hall–Kier alpha value is -2.54. The number of ether oxygens (including phenoxy) is 1. The fraction of sp³-hybridized carbons (Fsp3) is 0.536. The summed E-state index contributed by atoms with van der Waals surface area (Å²) in [7, 11) is -1.83. The van der Waals surface area contributed by atoms with Gasteiger partial charge in [0.05, 0.1) is 11.9 Å². The monoisotopic (exact) mass is 496 g/mol. The highest BCUT2D eigenvalue weighted by Gasteiger charge is 2.51. The van der Waals surface area contributed by atoms with Crippen molar-refractivity contribution in [2.24, 2.45) is 17.8 Å². The lowest BCUT2D eigenvalue weighted by Gasteiger charge is -2.57. The third-order valence-electron chi connectivity index (χ3n) is 8.44. The van der Waals surface area contributed by atoms with Crippen molar-refractivity contribution in [1.29, 1.82) is 0 Å². The van der Waals surface area contributed by atoms with E-state index in [9.17, 15) is 13.2 Å². The topological polar surface area (TPSA) is 75.7 Å². The lowest BCUT2D eigenvalue weighted by Crippen LogP contribution is -2.48. The van der Waals surface area contributed by atoms with Crippen molar-refractivity contribution in [3.05, 3.63) is 54.1 Å². The SMILES string of the molecule is CCC(Oc1ccc(N(C)S(C)(=O)=O)cc1)C(=O)Nc1ccc(C23CC4CC(CC(C4)C2)C3)cc1. The zero-order valence-corrected chi connectivity index (χ0v) is 21.7. The van der Waals surface area contributed by atoms with E-state index >= 15 is 0 Å². The predicted molar refractivity (Wildman–Crippen MR) is 139 cm³/mol. The molecule has 2 aromatic carbocycles. The van der Waals surface area contributed by atoms with Crippen molar-refractivity contribution in [2.75, 3.05) is 22.9 Å². The predicted octanol–water partition coefficient (Wildman–Crippen LogP) is 5.35. The van der Waals surface area contributed by atoms with E-state index in [0.29, 0.717) is 23.3 Å². The Morgan fingerprint density at radius 1 is 1.00 bits per heavy atom. The van der Waals surface area contributed by atoms with E-state index in [4.69, 9.17) is 4.74 Å². The second-order valence-corrected chi connectivity index (χ2v) is 13.0. The summed E-state index contributed by atoms with van der Waals surface area (Å²) in [5, 5.41) is 3.01. The number of carbonyl (C=O) groups excluding carboxylic acids is 1. The summed E-state index contributed by atoms with van der Waals surface area (Å²) in [6, 6.07) is 15.2. The molecule has 188 valence electrons. The molecular formula is C28H36N2O4S. The molecule has 0 saturated heterocycles. The zero-order chi connectivity index (χ0) is 24.8. The average Bonchev–Trinajstić information content (AvgIpc) is 2.81. The van der Waals surface area contributed by atoms with E-state index in [0.717, 1.165) is 29.7 Å². The summed E-state index contributed by atoms with van der Waals surface area (Å²) >= 11 is 0. The number of anilines is 2. The molecule has 4 aliphatic rings. The molecule has 0 radical (unpaired) electrons. The van der Waals surface area contributed by atoms with Crippen molar-refractivity contribution in [3.63, 3.8) is 0 Å². The maximum absolute atomic E-state index is 12.9. The molecule has 35 heavy (non-hydrogen) atoms. The first-order valence-corrected chi connectivity index (χ1v) is 14.6. The van der Waals surface area contributed by atoms with Gasteiger partial charge < -0.3 is 10.1 Å². The molecule has 2 aromatic rings. The van der Waals surface area contributed by atoms with Crippen LogP contribution in [0.3, 0.4) is 0 Å². The number of nitrogens with zero attached hydrogens (tertiary/aromatic N) is 1. The van der Waals surface area contributed by atoms with Crippen LogP contribution in [0.4, 0.5) is 11.4 Å². The minimum atomic E-state index is -3.33. The molecular weight excluding hydrogens is 460 g/mol. The molecule has 0 spiro atoms. The second-order valence-electron chi connectivity index (χ2n) is 11.0. The third kappa shape index (κ3) is 4.92. The van der Waals surface area contributed by atoms with Gasteiger partial charge in [-0.25, -0.2) is 8.42 Å². The molecule has 4 fully saturated rings. The average molecular weight is 497 g/mol. The Bertz CT molecular complexity index is 1140. The van der Waals surface area contributed by atoms with Crippen molar-refractivity contribution in [2.45, 2.75) is 63.4 Å². The largest absolute Gasteiger partial charge is 0.481 e. The zero-order valence-electron chi connectivity index (χ0n) is 20.9. The maximum atomic E-state index is 12.9. The van der Waals surface area contributed by atoms with E-state index < -0.39 is 16.1 Å². The van der Waals surface area contributed by atoms with Gasteiger partial charge in [-0.15, -0.1) is 0 Å². The minimum absolute atomic E-state index is 0.188. The molecule has 4 saturated carbocycles.